The summed E-state index contributed by atoms with van der Waals surface area (Å²) in [7, 11) is 0. The van der Waals surface area contributed by atoms with Gasteiger partial charge in [0.15, 0.2) is 0 Å². The molecule has 0 aromatic rings. The third-order valence-electron chi connectivity index (χ3n) is 3.28. The molecule has 0 radical (unpaired) electrons. The maximum Gasteiger partial charge on any atom is 0.139 e. The van der Waals surface area contributed by atoms with Crippen LogP contribution in [0.1, 0.15) is 32.6 Å². The summed E-state index contributed by atoms with van der Waals surface area (Å²) in [5.74, 6) is 2.22. The van der Waals surface area contributed by atoms with E-state index in [1.54, 1.807) is 0 Å². The van der Waals surface area contributed by atoms with E-state index in [9.17, 15) is 4.79 Å². The number of ketones is 1. The molecule has 0 aliphatic heterocycles. The van der Waals surface area contributed by atoms with E-state index in [0.717, 1.165) is 5.92 Å². The van der Waals surface area contributed by atoms with Crippen molar-refractivity contribution in [3.8, 4) is 0 Å². The second-order valence-corrected chi connectivity index (χ2v) is 3.75. The van der Waals surface area contributed by atoms with Gasteiger partial charge >= 0.3 is 0 Å². The van der Waals surface area contributed by atoms with Crippen LogP contribution in [0.3, 0.4) is 0 Å². The van der Waals surface area contributed by atoms with Crippen molar-refractivity contribution < 1.29 is 4.79 Å². The molecule has 0 aromatic heterocycles. The van der Waals surface area contributed by atoms with Crippen molar-refractivity contribution in [2.24, 2.45) is 17.8 Å². The highest BCUT2D eigenvalue weighted by Gasteiger charge is 2.46. The van der Waals surface area contributed by atoms with Gasteiger partial charge in [0.25, 0.3) is 0 Å². The number of Topliss-reactive ketones (excluding diaryl/α,β-unsaturated/α-hetero) is 1. The average molecular weight is 138 g/mol. The zero-order valence-corrected chi connectivity index (χ0v) is 6.47. The van der Waals surface area contributed by atoms with Crippen LogP contribution in [-0.2, 0) is 4.79 Å². The molecule has 56 valence electrons. The molecule has 2 aliphatic carbocycles. The molecule has 2 fully saturated rings. The number of carbonyl (C=O) groups is 1. The van der Waals surface area contributed by atoms with Crippen molar-refractivity contribution in [1.82, 2.24) is 0 Å². The summed E-state index contributed by atoms with van der Waals surface area (Å²) in [4.78, 5) is 11.2. The van der Waals surface area contributed by atoms with E-state index in [4.69, 9.17) is 0 Å². The Morgan fingerprint density at radius 2 is 2.00 bits per heavy atom. The third-order valence-corrected chi connectivity index (χ3v) is 3.28. The number of hydrogen-bond acceptors (Lipinski definition) is 1. The molecule has 2 aliphatic rings. The van der Waals surface area contributed by atoms with Crippen molar-refractivity contribution in [1.29, 1.82) is 0 Å². The second-order valence-electron chi connectivity index (χ2n) is 3.75. The Bertz CT molecular complexity index is 162. The van der Waals surface area contributed by atoms with Crippen LogP contribution in [-0.4, -0.2) is 5.78 Å². The van der Waals surface area contributed by atoms with E-state index in [1.807, 2.05) is 0 Å². The van der Waals surface area contributed by atoms with Crippen LogP contribution < -0.4 is 0 Å². The summed E-state index contributed by atoms with van der Waals surface area (Å²) >= 11 is 0. The quantitative estimate of drug-likeness (QED) is 0.500. The molecule has 2 unspecified atom stereocenters. The van der Waals surface area contributed by atoms with Gasteiger partial charge in [0.1, 0.15) is 5.78 Å². The molecule has 3 atom stereocenters. The molecule has 0 saturated heterocycles. The second kappa shape index (κ2) is 2.08. The van der Waals surface area contributed by atoms with Crippen molar-refractivity contribution in [3.63, 3.8) is 0 Å². The molecule has 2 rings (SSSR count). The van der Waals surface area contributed by atoms with Crippen LogP contribution in [0.25, 0.3) is 0 Å². The SMILES string of the molecule is C[C@@H]1C(=O)C2CCCCC21. The third kappa shape index (κ3) is 0.664. The maximum absolute atomic E-state index is 11.2. The number of hydrogen-bond donors (Lipinski definition) is 0. The van der Waals surface area contributed by atoms with Crippen molar-refractivity contribution in [3.05, 3.63) is 0 Å². The van der Waals surface area contributed by atoms with Gasteiger partial charge in [0, 0.05) is 11.8 Å². The lowest BCUT2D eigenvalue weighted by molar-refractivity contribution is -0.144. The van der Waals surface area contributed by atoms with Gasteiger partial charge in [0.2, 0.25) is 0 Å². The Hall–Kier alpha value is -0.330. The van der Waals surface area contributed by atoms with Gasteiger partial charge in [-0.1, -0.05) is 19.8 Å². The largest absolute Gasteiger partial charge is 0.299 e. The summed E-state index contributed by atoms with van der Waals surface area (Å²) in [5, 5.41) is 0. The molecule has 2 saturated carbocycles. The molecule has 0 bridgehead atoms. The van der Waals surface area contributed by atoms with Gasteiger partial charge < -0.3 is 0 Å². The van der Waals surface area contributed by atoms with Gasteiger partial charge in [-0.15, -0.1) is 0 Å². The predicted molar refractivity (Wildman–Crippen MR) is 39.6 cm³/mol. The van der Waals surface area contributed by atoms with Crippen molar-refractivity contribution in [2.75, 3.05) is 0 Å². The first-order chi connectivity index (χ1) is 4.80. The molecule has 0 amide bonds. The van der Waals surface area contributed by atoms with Gasteiger partial charge in [-0.05, 0) is 18.8 Å². The fourth-order valence-corrected chi connectivity index (χ4v) is 2.54. The Morgan fingerprint density at radius 1 is 1.30 bits per heavy atom. The normalized spacial score (nSPS) is 46.1. The van der Waals surface area contributed by atoms with E-state index < -0.39 is 0 Å². The molecule has 10 heavy (non-hydrogen) atoms. The van der Waals surface area contributed by atoms with Gasteiger partial charge in [-0.3, -0.25) is 4.79 Å². The van der Waals surface area contributed by atoms with Crippen LogP contribution in [0, 0.1) is 17.8 Å². The fourth-order valence-electron chi connectivity index (χ4n) is 2.54. The Morgan fingerprint density at radius 3 is 2.70 bits per heavy atom. The van der Waals surface area contributed by atoms with E-state index in [-0.39, 0.29) is 0 Å². The molecule has 0 spiro atoms. The molecule has 0 heterocycles. The topological polar surface area (TPSA) is 17.1 Å². The minimum atomic E-state index is 0.408. The van der Waals surface area contributed by atoms with Gasteiger partial charge in [-0.2, -0.15) is 0 Å². The molecule has 0 N–H and O–H groups in total. The van der Waals surface area contributed by atoms with Crippen LogP contribution in [0.4, 0.5) is 0 Å². The molecule has 1 heteroatoms. The first kappa shape index (κ1) is 6.38. The first-order valence-corrected chi connectivity index (χ1v) is 4.34. The minimum Gasteiger partial charge on any atom is -0.299 e. The number of rotatable bonds is 0. The lowest BCUT2D eigenvalue weighted by Gasteiger charge is -2.44. The van der Waals surface area contributed by atoms with E-state index in [1.165, 1.54) is 25.7 Å². The fraction of sp³-hybridized carbons (Fsp3) is 0.889. The zero-order chi connectivity index (χ0) is 7.14. The molecular weight excluding hydrogens is 124 g/mol. The predicted octanol–water partition coefficient (Wildman–Crippen LogP) is 2.01. The van der Waals surface area contributed by atoms with Crippen LogP contribution in [0.15, 0.2) is 0 Å². The van der Waals surface area contributed by atoms with E-state index in [0.29, 0.717) is 17.6 Å². The minimum absolute atomic E-state index is 0.408. The van der Waals surface area contributed by atoms with Gasteiger partial charge in [0.05, 0.1) is 0 Å². The highest BCUT2D eigenvalue weighted by Crippen LogP contribution is 2.45. The average Bonchev–Trinajstić information content (AvgIpc) is 2.03. The molecule has 1 nitrogen and oxygen atoms in total. The number of fused-ring (bicyclic) bond motifs is 1. The summed E-state index contributed by atoms with van der Waals surface area (Å²) < 4.78 is 0. The highest BCUT2D eigenvalue weighted by molar-refractivity contribution is 5.89. The maximum atomic E-state index is 11.2. The highest BCUT2D eigenvalue weighted by atomic mass is 16.1. The standard InChI is InChI=1S/C9H14O/c1-6-7-4-2-3-5-8(7)9(6)10/h6-8H,2-5H2,1H3/t6-,7?,8?/m0/s1. The Balaban J connectivity index is 2.06. The number of carbonyl (C=O) groups excluding carboxylic acids is 1. The Labute approximate surface area is 61.8 Å². The smallest absolute Gasteiger partial charge is 0.139 e. The molecular formula is C9H14O. The summed E-state index contributed by atoms with van der Waals surface area (Å²) in [5.41, 5.74) is 0. The van der Waals surface area contributed by atoms with Crippen molar-refractivity contribution >= 4 is 5.78 Å². The van der Waals surface area contributed by atoms with E-state index in [2.05, 4.69) is 6.92 Å². The lowest BCUT2D eigenvalue weighted by atomic mass is 9.58. The summed E-state index contributed by atoms with van der Waals surface area (Å²) in [6, 6.07) is 0. The lowest BCUT2D eigenvalue weighted by Crippen LogP contribution is -2.47. The van der Waals surface area contributed by atoms with E-state index >= 15 is 0 Å². The van der Waals surface area contributed by atoms with Crippen molar-refractivity contribution in [2.45, 2.75) is 32.6 Å². The van der Waals surface area contributed by atoms with Crippen LogP contribution >= 0.6 is 0 Å². The Kier molecular flexibility index (Phi) is 1.33. The van der Waals surface area contributed by atoms with Crippen LogP contribution in [0.5, 0.6) is 0 Å². The monoisotopic (exact) mass is 138 g/mol. The summed E-state index contributed by atoms with van der Waals surface area (Å²) in [6.45, 7) is 2.09. The van der Waals surface area contributed by atoms with Crippen LogP contribution in [0.2, 0.25) is 0 Å². The van der Waals surface area contributed by atoms with Gasteiger partial charge in [-0.25, -0.2) is 0 Å². The summed E-state index contributed by atoms with van der Waals surface area (Å²) in [6.07, 6.45) is 5.16. The zero-order valence-electron chi connectivity index (χ0n) is 6.47. The first-order valence-electron chi connectivity index (χ1n) is 4.34. The molecule has 0 aromatic carbocycles.